The Morgan fingerprint density at radius 3 is 3.07 bits per heavy atom. The first-order chi connectivity index (χ1) is 7.15. The van der Waals surface area contributed by atoms with E-state index in [-0.39, 0.29) is 16.0 Å². The summed E-state index contributed by atoms with van der Waals surface area (Å²) in [4.78, 5) is 12.2. The van der Waals surface area contributed by atoms with Crippen LogP contribution in [0.2, 0.25) is 0 Å². The van der Waals surface area contributed by atoms with Gasteiger partial charge in [-0.05, 0) is 12.0 Å². The predicted octanol–water partition coefficient (Wildman–Crippen LogP) is 1.22. The molecule has 0 bridgehead atoms. The number of β-amino-alcohol motifs (C(OH)–C–C–N with tert-alkyl or cyclic N) is 1. The third-order valence-corrected chi connectivity index (χ3v) is 3.40. The van der Waals surface area contributed by atoms with E-state index >= 15 is 0 Å². The van der Waals surface area contributed by atoms with Gasteiger partial charge in [0, 0.05) is 31.1 Å². The number of likely N-dealkylation sites (tertiary alicyclic amines) is 1. The van der Waals surface area contributed by atoms with Crippen LogP contribution in [0.5, 0.6) is 0 Å². The van der Waals surface area contributed by atoms with Crippen LogP contribution in [-0.4, -0.2) is 34.1 Å². The molecule has 82 valence electrons. The van der Waals surface area contributed by atoms with Gasteiger partial charge in [0.05, 0.1) is 11.0 Å². The second-order valence-electron chi connectivity index (χ2n) is 3.73. The maximum atomic E-state index is 10.5. The smallest absolute Gasteiger partial charge is 0.324 e. The van der Waals surface area contributed by atoms with Gasteiger partial charge in [0.25, 0.3) is 0 Å². The predicted molar refractivity (Wildman–Crippen MR) is 56.9 cm³/mol. The molecule has 1 aromatic rings. The summed E-state index contributed by atoms with van der Waals surface area (Å²) >= 11 is 1.15. The molecule has 1 aromatic heterocycles. The zero-order valence-electron chi connectivity index (χ0n) is 8.13. The summed E-state index contributed by atoms with van der Waals surface area (Å²) in [7, 11) is 0. The molecule has 0 radical (unpaired) electrons. The van der Waals surface area contributed by atoms with E-state index in [0.717, 1.165) is 29.9 Å². The number of aliphatic hydroxyl groups is 1. The van der Waals surface area contributed by atoms with Gasteiger partial charge in [-0.1, -0.05) is 11.3 Å². The quantitative estimate of drug-likeness (QED) is 0.624. The van der Waals surface area contributed by atoms with Crippen molar-refractivity contribution in [3.8, 4) is 0 Å². The molecule has 0 aliphatic carbocycles. The SMILES string of the molecule is O=[N+]([O-])c1cc(CN2CC[C@H](O)C2)cs1. The third-order valence-electron chi connectivity index (χ3n) is 2.47. The van der Waals surface area contributed by atoms with Gasteiger partial charge < -0.3 is 5.11 Å². The standard InChI is InChI=1S/C9H12N2O3S/c12-8-1-2-10(5-8)4-7-3-9(11(13)14)15-6-7/h3,6,8,12H,1-2,4-5H2/t8-/m0/s1. The Kier molecular flexibility index (Phi) is 2.99. The van der Waals surface area contributed by atoms with Gasteiger partial charge in [0.1, 0.15) is 0 Å². The monoisotopic (exact) mass is 228 g/mol. The van der Waals surface area contributed by atoms with Crippen molar-refractivity contribution in [3.05, 3.63) is 27.1 Å². The van der Waals surface area contributed by atoms with Gasteiger partial charge in [-0.15, -0.1) is 0 Å². The lowest BCUT2D eigenvalue weighted by molar-refractivity contribution is -0.380. The van der Waals surface area contributed by atoms with Crippen LogP contribution in [0.1, 0.15) is 12.0 Å². The molecule has 1 aliphatic rings. The van der Waals surface area contributed by atoms with Crippen LogP contribution in [0.25, 0.3) is 0 Å². The highest BCUT2D eigenvalue weighted by molar-refractivity contribution is 7.13. The lowest BCUT2D eigenvalue weighted by atomic mass is 10.3. The van der Waals surface area contributed by atoms with E-state index in [9.17, 15) is 15.2 Å². The second kappa shape index (κ2) is 4.26. The summed E-state index contributed by atoms with van der Waals surface area (Å²) in [5.41, 5.74) is 0.959. The summed E-state index contributed by atoms with van der Waals surface area (Å²) < 4.78 is 0. The van der Waals surface area contributed by atoms with Crippen LogP contribution in [0.3, 0.4) is 0 Å². The van der Waals surface area contributed by atoms with E-state index in [4.69, 9.17) is 0 Å². The van der Waals surface area contributed by atoms with Gasteiger partial charge in [0.2, 0.25) is 0 Å². The van der Waals surface area contributed by atoms with E-state index in [1.807, 2.05) is 5.38 Å². The maximum absolute atomic E-state index is 10.5. The summed E-state index contributed by atoms with van der Waals surface area (Å²) in [5, 5.41) is 21.8. The molecule has 0 saturated carbocycles. The zero-order chi connectivity index (χ0) is 10.8. The van der Waals surface area contributed by atoms with Gasteiger partial charge in [-0.25, -0.2) is 0 Å². The number of hydrogen-bond donors (Lipinski definition) is 1. The molecule has 15 heavy (non-hydrogen) atoms. The number of hydrogen-bond acceptors (Lipinski definition) is 5. The lowest BCUT2D eigenvalue weighted by Gasteiger charge is -2.12. The molecule has 5 nitrogen and oxygen atoms in total. The number of thiophene rings is 1. The van der Waals surface area contributed by atoms with Crippen molar-refractivity contribution in [3.63, 3.8) is 0 Å². The molecule has 1 fully saturated rings. The zero-order valence-corrected chi connectivity index (χ0v) is 8.94. The minimum Gasteiger partial charge on any atom is -0.392 e. The molecule has 0 spiro atoms. The van der Waals surface area contributed by atoms with Crippen molar-refractivity contribution in [1.29, 1.82) is 0 Å². The molecule has 6 heteroatoms. The van der Waals surface area contributed by atoms with E-state index < -0.39 is 0 Å². The Bertz CT molecular complexity index is 366. The van der Waals surface area contributed by atoms with Crippen molar-refractivity contribution < 1.29 is 10.0 Å². The molecule has 2 rings (SSSR count). The van der Waals surface area contributed by atoms with Crippen molar-refractivity contribution >= 4 is 16.3 Å². The molecule has 0 amide bonds. The van der Waals surface area contributed by atoms with Crippen LogP contribution >= 0.6 is 11.3 Å². The minimum atomic E-state index is -0.368. The van der Waals surface area contributed by atoms with E-state index in [0.29, 0.717) is 13.1 Å². The Balaban J connectivity index is 1.96. The highest BCUT2D eigenvalue weighted by Crippen LogP contribution is 2.24. The van der Waals surface area contributed by atoms with Crippen LogP contribution in [0.4, 0.5) is 5.00 Å². The summed E-state index contributed by atoms with van der Waals surface area (Å²) in [5.74, 6) is 0. The Morgan fingerprint density at radius 1 is 1.73 bits per heavy atom. The van der Waals surface area contributed by atoms with Crippen LogP contribution in [-0.2, 0) is 6.54 Å². The molecule has 1 aliphatic heterocycles. The molecule has 0 aromatic carbocycles. The molecule has 2 heterocycles. The fraction of sp³-hybridized carbons (Fsp3) is 0.556. The van der Waals surface area contributed by atoms with E-state index in [2.05, 4.69) is 4.90 Å². The summed E-state index contributed by atoms with van der Waals surface area (Å²) in [6.07, 6.45) is 0.560. The number of nitrogens with zero attached hydrogens (tertiary/aromatic N) is 2. The Labute approximate surface area is 91.1 Å². The summed E-state index contributed by atoms with van der Waals surface area (Å²) in [6.45, 7) is 2.23. The molecular formula is C9H12N2O3S. The van der Waals surface area contributed by atoms with Crippen molar-refractivity contribution in [2.24, 2.45) is 0 Å². The van der Waals surface area contributed by atoms with Gasteiger partial charge >= 0.3 is 5.00 Å². The Hall–Kier alpha value is -0.980. The summed E-state index contributed by atoms with van der Waals surface area (Å²) in [6, 6.07) is 1.61. The normalized spacial score (nSPS) is 22.1. The van der Waals surface area contributed by atoms with Crippen molar-refractivity contribution in [1.82, 2.24) is 4.90 Å². The van der Waals surface area contributed by atoms with Crippen molar-refractivity contribution in [2.45, 2.75) is 19.1 Å². The number of rotatable bonds is 3. The van der Waals surface area contributed by atoms with E-state index in [1.54, 1.807) is 6.07 Å². The van der Waals surface area contributed by atoms with Crippen molar-refractivity contribution in [2.75, 3.05) is 13.1 Å². The highest BCUT2D eigenvalue weighted by atomic mass is 32.1. The first-order valence-electron chi connectivity index (χ1n) is 4.77. The Morgan fingerprint density at radius 2 is 2.53 bits per heavy atom. The fourth-order valence-corrected chi connectivity index (χ4v) is 2.48. The van der Waals surface area contributed by atoms with Gasteiger partial charge in [-0.2, -0.15) is 0 Å². The molecule has 0 unspecified atom stereocenters. The van der Waals surface area contributed by atoms with Crippen LogP contribution in [0.15, 0.2) is 11.4 Å². The minimum absolute atomic E-state index is 0.185. The largest absolute Gasteiger partial charge is 0.392 e. The van der Waals surface area contributed by atoms with Gasteiger partial charge in [0.15, 0.2) is 0 Å². The number of aliphatic hydroxyl groups excluding tert-OH is 1. The molecule has 1 atom stereocenters. The first-order valence-corrected chi connectivity index (χ1v) is 5.65. The van der Waals surface area contributed by atoms with E-state index in [1.165, 1.54) is 0 Å². The molecule has 1 N–H and O–H groups in total. The van der Waals surface area contributed by atoms with Crippen LogP contribution < -0.4 is 0 Å². The molecular weight excluding hydrogens is 216 g/mol. The topological polar surface area (TPSA) is 66.6 Å². The number of nitro groups is 1. The van der Waals surface area contributed by atoms with Crippen LogP contribution in [0, 0.1) is 10.1 Å². The average molecular weight is 228 g/mol. The van der Waals surface area contributed by atoms with Gasteiger partial charge in [-0.3, -0.25) is 15.0 Å². The molecule has 1 saturated heterocycles. The third kappa shape index (κ3) is 2.53. The fourth-order valence-electron chi connectivity index (χ4n) is 1.76. The average Bonchev–Trinajstić information content (AvgIpc) is 2.76. The second-order valence-corrected chi connectivity index (χ2v) is 4.62. The first kappa shape index (κ1) is 10.5. The highest BCUT2D eigenvalue weighted by Gasteiger charge is 2.21. The lowest BCUT2D eigenvalue weighted by Crippen LogP contribution is -2.21. The maximum Gasteiger partial charge on any atom is 0.324 e.